The van der Waals surface area contributed by atoms with Gasteiger partial charge in [-0.05, 0) is 41.8 Å². The lowest BCUT2D eigenvalue weighted by atomic mass is 10.0. The van der Waals surface area contributed by atoms with E-state index in [1.807, 2.05) is 12.1 Å². The average molecular weight is 327 g/mol. The molecule has 1 atom stereocenters. The van der Waals surface area contributed by atoms with Crippen LogP contribution in [-0.4, -0.2) is 33.9 Å². The minimum atomic E-state index is -1.21. The zero-order valence-corrected chi connectivity index (χ0v) is 12.8. The van der Waals surface area contributed by atoms with Gasteiger partial charge in [0, 0.05) is 24.4 Å². The molecule has 1 heterocycles. The van der Waals surface area contributed by atoms with E-state index >= 15 is 0 Å². The number of carboxylic acid groups (broad SMARTS) is 1. The van der Waals surface area contributed by atoms with Crippen molar-refractivity contribution in [2.45, 2.75) is 18.9 Å². The summed E-state index contributed by atoms with van der Waals surface area (Å²) in [5, 5.41) is 11.5. The standard InChI is InChI=1S/C17H17N3O4/c18-15(21)6-5-14(17(23)24)20-16(22)13-3-1-11(2-4-13)12-7-9-19-10-8-12/h1-4,7-10,14H,5-6H2,(H2,18,21)(H,20,22)(H,23,24)/t14-/m0/s1. The number of aromatic nitrogens is 1. The van der Waals surface area contributed by atoms with Crippen LogP contribution in [0.5, 0.6) is 0 Å². The molecule has 0 spiro atoms. The highest BCUT2D eigenvalue weighted by Crippen LogP contribution is 2.18. The predicted octanol–water partition coefficient (Wildman–Crippen LogP) is 1.20. The van der Waals surface area contributed by atoms with Crippen molar-refractivity contribution in [2.24, 2.45) is 5.73 Å². The quantitative estimate of drug-likeness (QED) is 0.705. The molecule has 124 valence electrons. The molecule has 0 aliphatic heterocycles. The van der Waals surface area contributed by atoms with E-state index < -0.39 is 23.8 Å². The maximum Gasteiger partial charge on any atom is 0.326 e. The van der Waals surface area contributed by atoms with E-state index in [0.29, 0.717) is 5.56 Å². The van der Waals surface area contributed by atoms with Crippen LogP contribution in [0.25, 0.3) is 11.1 Å². The zero-order chi connectivity index (χ0) is 17.5. The van der Waals surface area contributed by atoms with E-state index in [1.54, 1.807) is 36.7 Å². The van der Waals surface area contributed by atoms with Gasteiger partial charge in [-0.3, -0.25) is 14.6 Å². The molecule has 7 heteroatoms. The highest BCUT2D eigenvalue weighted by Gasteiger charge is 2.21. The lowest BCUT2D eigenvalue weighted by Crippen LogP contribution is -2.41. The number of carbonyl (C=O) groups is 3. The number of pyridine rings is 1. The molecule has 4 N–H and O–H groups in total. The third kappa shape index (κ3) is 4.64. The number of hydrogen-bond donors (Lipinski definition) is 3. The Kier molecular flexibility index (Phi) is 5.62. The van der Waals surface area contributed by atoms with Crippen molar-refractivity contribution < 1.29 is 19.5 Å². The van der Waals surface area contributed by atoms with E-state index in [2.05, 4.69) is 10.3 Å². The second-order valence-electron chi connectivity index (χ2n) is 5.18. The summed E-state index contributed by atoms with van der Waals surface area (Å²) < 4.78 is 0. The second-order valence-corrected chi connectivity index (χ2v) is 5.18. The summed E-state index contributed by atoms with van der Waals surface area (Å²) in [5.74, 6) is -2.34. The van der Waals surface area contributed by atoms with E-state index in [-0.39, 0.29) is 12.8 Å². The first-order chi connectivity index (χ1) is 11.5. The third-order valence-electron chi connectivity index (χ3n) is 3.44. The van der Waals surface area contributed by atoms with Crippen molar-refractivity contribution in [3.8, 4) is 11.1 Å². The van der Waals surface area contributed by atoms with E-state index in [1.165, 1.54) is 0 Å². The zero-order valence-electron chi connectivity index (χ0n) is 12.8. The van der Waals surface area contributed by atoms with Gasteiger partial charge in [-0.2, -0.15) is 0 Å². The van der Waals surface area contributed by atoms with Crippen molar-refractivity contribution in [3.63, 3.8) is 0 Å². The summed E-state index contributed by atoms with van der Waals surface area (Å²) >= 11 is 0. The summed E-state index contributed by atoms with van der Waals surface area (Å²) in [4.78, 5) is 38.0. The topological polar surface area (TPSA) is 122 Å². The number of amides is 2. The van der Waals surface area contributed by atoms with Crippen LogP contribution in [0.1, 0.15) is 23.2 Å². The molecule has 0 unspecified atom stereocenters. The first-order valence-electron chi connectivity index (χ1n) is 7.30. The predicted molar refractivity (Wildman–Crippen MR) is 87.0 cm³/mol. The minimum Gasteiger partial charge on any atom is -0.480 e. The summed E-state index contributed by atoms with van der Waals surface area (Å²) in [6.07, 6.45) is 3.18. The third-order valence-corrected chi connectivity index (χ3v) is 3.44. The molecule has 0 aliphatic rings. The largest absolute Gasteiger partial charge is 0.480 e. The number of primary amides is 1. The molecule has 1 aromatic heterocycles. The minimum absolute atomic E-state index is 0.0501. The lowest BCUT2D eigenvalue weighted by Gasteiger charge is -2.14. The molecule has 0 fully saturated rings. The van der Waals surface area contributed by atoms with Crippen molar-refractivity contribution >= 4 is 17.8 Å². The fourth-order valence-electron chi connectivity index (χ4n) is 2.14. The molecule has 7 nitrogen and oxygen atoms in total. The van der Waals surface area contributed by atoms with Gasteiger partial charge < -0.3 is 16.2 Å². The van der Waals surface area contributed by atoms with Gasteiger partial charge in [-0.15, -0.1) is 0 Å². The highest BCUT2D eigenvalue weighted by molar-refractivity contribution is 5.97. The van der Waals surface area contributed by atoms with Gasteiger partial charge in [-0.1, -0.05) is 12.1 Å². The average Bonchev–Trinajstić information content (AvgIpc) is 2.59. The molecule has 1 aromatic carbocycles. The Morgan fingerprint density at radius 1 is 1.04 bits per heavy atom. The molecule has 24 heavy (non-hydrogen) atoms. The number of rotatable bonds is 7. The molecule has 0 aliphatic carbocycles. The lowest BCUT2D eigenvalue weighted by molar-refractivity contribution is -0.139. The maximum absolute atomic E-state index is 12.2. The summed E-state index contributed by atoms with van der Waals surface area (Å²) in [6.45, 7) is 0. The Morgan fingerprint density at radius 2 is 1.62 bits per heavy atom. The molecule has 0 saturated heterocycles. The molecule has 2 amide bonds. The Bertz CT molecular complexity index is 729. The summed E-state index contributed by atoms with van der Waals surface area (Å²) in [5.41, 5.74) is 7.21. The van der Waals surface area contributed by atoms with Gasteiger partial charge in [0.2, 0.25) is 5.91 Å². The SMILES string of the molecule is NC(=O)CC[C@H](NC(=O)c1ccc(-c2ccncc2)cc1)C(=O)O. The van der Waals surface area contributed by atoms with Crippen molar-refractivity contribution in [1.29, 1.82) is 0 Å². The van der Waals surface area contributed by atoms with Crippen LogP contribution in [-0.2, 0) is 9.59 Å². The molecular weight excluding hydrogens is 310 g/mol. The molecule has 0 radical (unpaired) electrons. The van der Waals surface area contributed by atoms with E-state index in [4.69, 9.17) is 10.8 Å². The van der Waals surface area contributed by atoms with Gasteiger partial charge in [-0.25, -0.2) is 4.79 Å². The number of aliphatic carboxylic acids is 1. The summed E-state index contributed by atoms with van der Waals surface area (Å²) in [7, 11) is 0. The molecule has 2 rings (SSSR count). The first-order valence-corrected chi connectivity index (χ1v) is 7.30. The van der Waals surface area contributed by atoms with E-state index in [9.17, 15) is 14.4 Å². The fraction of sp³-hybridized carbons (Fsp3) is 0.176. The number of nitrogens with two attached hydrogens (primary N) is 1. The maximum atomic E-state index is 12.2. The van der Waals surface area contributed by atoms with Gasteiger partial charge in [0.25, 0.3) is 5.91 Å². The molecular formula is C17H17N3O4. The number of nitrogens with one attached hydrogen (secondary N) is 1. The van der Waals surface area contributed by atoms with Gasteiger partial charge >= 0.3 is 5.97 Å². The van der Waals surface area contributed by atoms with Gasteiger partial charge in [0.05, 0.1) is 0 Å². The van der Waals surface area contributed by atoms with Crippen molar-refractivity contribution in [2.75, 3.05) is 0 Å². The molecule has 0 bridgehead atoms. The van der Waals surface area contributed by atoms with Gasteiger partial charge in [0.15, 0.2) is 0 Å². The Morgan fingerprint density at radius 3 is 2.17 bits per heavy atom. The monoisotopic (exact) mass is 327 g/mol. The van der Waals surface area contributed by atoms with Crippen LogP contribution in [0.2, 0.25) is 0 Å². The molecule has 0 saturated carbocycles. The van der Waals surface area contributed by atoms with Crippen LogP contribution < -0.4 is 11.1 Å². The van der Waals surface area contributed by atoms with Crippen LogP contribution in [0, 0.1) is 0 Å². The number of hydrogen-bond acceptors (Lipinski definition) is 4. The van der Waals surface area contributed by atoms with Crippen LogP contribution in [0.4, 0.5) is 0 Å². The van der Waals surface area contributed by atoms with Crippen LogP contribution in [0.15, 0.2) is 48.8 Å². The van der Waals surface area contributed by atoms with Crippen LogP contribution in [0.3, 0.4) is 0 Å². The second kappa shape index (κ2) is 7.87. The van der Waals surface area contributed by atoms with Crippen molar-refractivity contribution in [3.05, 3.63) is 54.4 Å². The highest BCUT2D eigenvalue weighted by atomic mass is 16.4. The number of nitrogens with zero attached hydrogens (tertiary/aromatic N) is 1. The van der Waals surface area contributed by atoms with Crippen LogP contribution >= 0.6 is 0 Å². The molecule has 2 aromatic rings. The number of carbonyl (C=O) groups excluding carboxylic acids is 2. The fourth-order valence-corrected chi connectivity index (χ4v) is 2.14. The van der Waals surface area contributed by atoms with E-state index in [0.717, 1.165) is 11.1 Å². The van der Waals surface area contributed by atoms with Gasteiger partial charge in [0.1, 0.15) is 6.04 Å². The Hall–Kier alpha value is -3.22. The number of carboxylic acids is 1. The first kappa shape index (κ1) is 17.1. The smallest absolute Gasteiger partial charge is 0.326 e. The summed E-state index contributed by atoms with van der Waals surface area (Å²) in [6, 6.07) is 9.28. The Balaban J connectivity index is 2.06. The van der Waals surface area contributed by atoms with Crippen molar-refractivity contribution in [1.82, 2.24) is 10.3 Å². The Labute approximate surface area is 138 Å². The number of benzene rings is 1. The normalized spacial score (nSPS) is 11.5.